The van der Waals surface area contributed by atoms with Crippen LogP contribution in [0.5, 0.6) is 0 Å². The molecule has 9 heteroatoms. The Morgan fingerprint density at radius 1 is 1.20 bits per heavy atom. The molecular weight excluding hydrogens is 342 g/mol. The topological polar surface area (TPSA) is 110 Å². The van der Waals surface area contributed by atoms with Gasteiger partial charge in [0.1, 0.15) is 10.7 Å². The van der Waals surface area contributed by atoms with E-state index in [0.717, 1.165) is 5.39 Å². The number of hydrogen-bond donors (Lipinski definition) is 2. The van der Waals surface area contributed by atoms with Gasteiger partial charge in [0.25, 0.3) is 0 Å². The molecule has 2 aromatic heterocycles. The number of sulfonamides is 1. The van der Waals surface area contributed by atoms with Crippen LogP contribution in [-0.4, -0.2) is 34.2 Å². The fourth-order valence-corrected chi connectivity index (χ4v) is 4.68. The lowest BCUT2D eigenvalue weighted by Gasteiger charge is -2.16. The van der Waals surface area contributed by atoms with E-state index < -0.39 is 10.0 Å². The van der Waals surface area contributed by atoms with Crippen LogP contribution in [0.1, 0.15) is 18.7 Å². The monoisotopic (exact) mass is 359 g/mol. The van der Waals surface area contributed by atoms with Crippen LogP contribution < -0.4 is 10.4 Å². The second-order valence-corrected chi connectivity index (χ2v) is 7.76. The molecule has 0 radical (unpaired) electrons. The molecule has 3 aromatic rings. The van der Waals surface area contributed by atoms with Crippen molar-refractivity contribution in [3.05, 3.63) is 52.8 Å². The van der Waals surface area contributed by atoms with Gasteiger partial charge in [-0.05, 0) is 25.0 Å². The van der Waals surface area contributed by atoms with Crippen LogP contribution in [0.4, 0.5) is 0 Å². The SMILES string of the molecule is O=c1[nH]nc2n1CCC(NS(=O)(=O)c1cccc3cccnc13)CC2. The molecular formula is C16H17N5O3S. The molecule has 1 aliphatic heterocycles. The maximum atomic E-state index is 12.9. The van der Waals surface area contributed by atoms with Gasteiger partial charge in [-0.15, -0.1) is 0 Å². The van der Waals surface area contributed by atoms with E-state index in [2.05, 4.69) is 19.9 Å². The van der Waals surface area contributed by atoms with Gasteiger partial charge in [-0.25, -0.2) is 23.0 Å². The summed E-state index contributed by atoms with van der Waals surface area (Å²) in [6.45, 7) is 0.436. The van der Waals surface area contributed by atoms with Crippen molar-refractivity contribution >= 4 is 20.9 Å². The number of H-pyrrole nitrogens is 1. The Hall–Kier alpha value is -2.52. The average Bonchev–Trinajstić information content (AvgIpc) is 2.84. The summed E-state index contributed by atoms with van der Waals surface area (Å²) >= 11 is 0. The molecule has 1 aromatic carbocycles. The molecule has 8 nitrogen and oxygen atoms in total. The van der Waals surface area contributed by atoms with Crippen molar-refractivity contribution in [3.63, 3.8) is 0 Å². The maximum Gasteiger partial charge on any atom is 0.343 e. The largest absolute Gasteiger partial charge is 0.343 e. The molecule has 0 saturated carbocycles. The predicted molar refractivity (Wildman–Crippen MR) is 91.6 cm³/mol. The Labute approximate surface area is 144 Å². The second kappa shape index (κ2) is 6.08. The van der Waals surface area contributed by atoms with Gasteiger partial charge in [0.2, 0.25) is 10.0 Å². The van der Waals surface area contributed by atoms with Gasteiger partial charge in [0, 0.05) is 30.6 Å². The van der Waals surface area contributed by atoms with E-state index in [1.165, 1.54) is 0 Å². The molecule has 130 valence electrons. The van der Waals surface area contributed by atoms with Crippen LogP contribution in [-0.2, 0) is 23.0 Å². The first-order valence-electron chi connectivity index (χ1n) is 8.05. The van der Waals surface area contributed by atoms with E-state index in [4.69, 9.17) is 0 Å². The first kappa shape index (κ1) is 16.0. The highest BCUT2D eigenvalue weighted by Gasteiger charge is 2.25. The number of hydrogen-bond acceptors (Lipinski definition) is 5. The molecule has 1 unspecified atom stereocenters. The van der Waals surface area contributed by atoms with Crippen molar-refractivity contribution in [1.29, 1.82) is 0 Å². The lowest BCUT2D eigenvalue weighted by molar-refractivity contribution is 0.494. The number of aromatic amines is 1. The summed E-state index contributed by atoms with van der Waals surface area (Å²) in [4.78, 5) is 16.1. The maximum absolute atomic E-state index is 12.9. The van der Waals surface area contributed by atoms with Gasteiger partial charge in [0.05, 0.1) is 5.52 Å². The summed E-state index contributed by atoms with van der Waals surface area (Å²) in [6.07, 6.45) is 3.24. The average molecular weight is 359 g/mol. The van der Waals surface area contributed by atoms with E-state index in [-0.39, 0.29) is 16.6 Å². The normalized spacial score (nSPS) is 18.0. The lowest BCUT2D eigenvalue weighted by atomic mass is 10.1. The number of aromatic nitrogens is 4. The molecule has 0 saturated heterocycles. The van der Waals surface area contributed by atoms with E-state index in [0.29, 0.717) is 37.1 Å². The van der Waals surface area contributed by atoms with E-state index >= 15 is 0 Å². The standard InChI is InChI=1S/C16H17N5O3S/c22-16-19-18-14-7-6-12(8-10-21(14)16)20-25(23,24)13-5-1-3-11-4-2-9-17-15(11)13/h1-5,9,12,20H,6-8,10H2,(H,19,22). The zero-order valence-electron chi connectivity index (χ0n) is 13.3. The molecule has 1 aliphatic rings. The Morgan fingerprint density at radius 3 is 2.92 bits per heavy atom. The highest BCUT2D eigenvalue weighted by Crippen LogP contribution is 2.22. The molecule has 0 aliphatic carbocycles. The molecule has 0 bridgehead atoms. The van der Waals surface area contributed by atoms with Gasteiger partial charge in [-0.2, -0.15) is 5.10 Å². The summed E-state index contributed by atoms with van der Waals surface area (Å²) < 4.78 is 30.1. The van der Waals surface area contributed by atoms with Gasteiger partial charge in [-0.3, -0.25) is 9.55 Å². The van der Waals surface area contributed by atoms with Crippen molar-refractivity contribution < 1.29 is 8.42 Å². The lowest BCUT2D eigenvalue weighted by Crippen LogP contribution is -2.35. The molecule has 0 spiro atoms. The van der Waals surface area contributed by atoms with E-state index in [1.54, 1.807) is 29.0 Å². The number of para-hydroxylation sites is 1. The third kappa shape index (κ3) is 2.96. The van der Waals surface area contributed by atoms with E-state index in [9.17, 15) is 13.2 Å². The summed E-state index contributed by atoms with van der Waals surface area (Å²) in [5, 5.41) is 7.19. The van der Waals surface area contributed by atoms with Crippen LogP contribution in [0.2, 0.25) is 0 Å². The minimum Gasteiger partial charge on any atom is -0.279 e. The number of nitrogens with zero attached hydrogens (tertiary/aromatic N) is 3. The van der Waals surface area contributed by atoms with Crippen LogP contribution in [0.15, 0.2) is 46.2 Å². The summed E-state index contributed by atoms with van der Waals surface area (Å²) in [5.41, 5.74) is 0.201. The summed E-state index contributed by atoms with van der Waals surface area (Å²) in [7, 11) is -3.71. The highest BCUT2D eigenvalue weighted by atomic mass is 32.2. The fraction of sp³-hybridized carbons (Fsp3) is 0.312. The molecule has 3 heterocycles. The number of fused-ring (bicyclic) bond motifs is 2. The van der Waals surface area contributed by atoms with Crippen molar-refractivity contribution in [1.82, 2.24) is 24.5 Å². The van der Waals surface area contributed by atoms with Crippen LogP contribution in [0, 0.1) is 0 Å². The second-order valence-electron chi connectivity index (χ2n) is 6.07. The van der Waals surface area contributed by atoms with Crippen LogP contribution in [0.25, 0.3) is 10.9 Å². The first-order chi connectivity index (χ1) is 12.0. The molecule has 1 atom stereocenters. The third-order valence-corrected chi connectivity index (χ3v) is 6.01. The van der Waals surface area contributed by atoms with Crippen LogP contribution in [0.3, 0.4) is 0 Å². The van der Waals surface area contributed by atoms with Crippen molar-refractivity contribution in [2.24, 2.45) is 0 Å². The summed E-state index contributed by atoms with van der Waals surface area (Å²) in [6, 6.07) is 8.45. The minimum absolute atomic E-state index is 0.172. The Morgan fingerprint density at radius 2 is 2.04 bits per heavy atom. The van der Waals surface area contributed by atoms with E-state index in [1.807, 2.05) is 12.1 Å². The molecule has 25 heavy (non-hydrogen) atoms. The Bertz CT molecular complexity index is 1080. The van der Waals surface area contributed by atoms with Crippen LogP contribution >= 0.6 is 0 Å². The third-order valence-electron chi connectivity index (χ3n) is 4.46. The molecule has 4 rings (SSSR count). The zero-order valence-corrected chi connectivity index (χ0v) is 14.2. The minimum atomic E-state index is -3.71. The number of aryl methyl sites for hydroxylation is 1. The fourth-order valence-electron chi connectivity index (χ4n) is 3.20. The van der Waals surface area contributed by atoms with Crippen molar-refractivity contribution in [3.8, 4) is 0 Å². The van der Waals surface area contributed by atoms with Gasteiger partial charge in [-0.1, -0.05) is 18.2 Å². The van der Waals surface area contributed by atoms with Gasteiger partial charge >= 0.3 is 5.69 Å². The number of benzene rings is 1. The number of rotatable bonds is 3. The Balaban J connectivity index is 1.60. The van der Waals surface area contributed by atoms with Gasteiger partial charge in [0.15, 0.2) is 0 Å². The number of pyridine rings is 1. The quantitative estimate of drug-likeness (QED) is 0.719. The predicted octanol–water partition coefficient (Wildman–Crippen LogP) is 0.803. The smallest absolute Gasteiger partial charge is 0.279 e. The highest BCUT2D eigenvalue weighted by molar-refractivity contribution is 7.89. The summed E-state index contributed by atoms with van der Waals surface area (Å²) in [5.74, 6) is 0.665. The van der Waals surface area contributed by atoms with Gasteiger partial charge < -0.3 is 0 Å². The first-order valence-corrected chi connectivity index (χ1v) is 9.53. The molecule has 0 fully saturated rings. The number of nitrogens with one attached hydrogen (secondary N) is 2. The van der Waals surface area contributed by atoms with Crippen molar-refractivity contribution in [2.75, 3.05) is 0 Å². The Kier molecular flexibility index (Phi) is 3.89. The zero-order chi connectivity index (χ0) is 17.4. The molecule has 0 amide bonds. The van der Waals surface area contributed by atoms with Crippen molar-refractivity contribution in [2.45, 2.75) is 36.7 Å². The molecule has 2 N–H and O–H groups in total.